The number of carbonyl (C=O) groups is 2. The van der Waals surface area contributed by atoms with Crippen LogP contribution in [0.2, 0.25) is 0 Å². The van der Waals surface area contributed by atoms with Crippen molar-refractivity contribution in [2.24, 2.45) is 0 Å². The summed E-state index contributed by atoms with van der Waals surface area (Å²) in [6.45, 7) is 0.926. The first-order valence-corrected chi connectivity index (χ1v) is 6.57. The summed E-state index contributed by atoms with van der Waals surface area (Å²) < 4.78 is 0. The molecule has 6 nitrogen and oxygen atoms in total. The van der Waals surface area contributed by atoms with Crippen LogP contribution < -0.4 is 5.32 Å². The van der Waals surface area contributed by atoms with Gasteiger partial charge in [-0.15, -0.1) is 0 Å². The predicted octanol–water partition coefficient (Wildman–Crippen LogP) is 1.02. The lowest BCUT2D eigenvalue weighted by molar-refractivity contribution is -0.141. The van der Waals surface area contributed by atoms with E-state index in [0.29, 0.717) is 13.0 Å². The number of benzene rings is 1. The lowest BCUT2D eigenvalue weighted by Gasteiger charge is -2.16. The van der Waals surface area contributed by atoms with Gasteiger partial charge in [0.15, 0.2) is 0 Å². The van der Waals surface area contributed by atoms with Crippen LogP contribution in [0.4, 0.5) is 4.79 Å². The second-order valence-corrected chi connectivity index (χ2v) is 4.91. The molecule has 3 N–H and O–H groups in total. The number of amides is 1. The van der Waals surface area contributed by atoms with Gasteiger partial charge in [0.25, 0.3) is 0 Å². The number of carboxylic acid groups (broad SMARTS) is 2. The van der Waals surface area contributed by atoms with Crippen LogP contribution in [0.5, 0.6) is 0 Å². The fourth-order valence-electron chi connectivity index (χ4n) is 2.49. The van der Waals surface area contributed by atoms with Crippen LogP contribution >= 0.6 is 0 Å². The van der Waals surface area contributed by atoms with E-state index in [0.717, 1.165) is 11.3 Å². The molecule has 108 valence electrons. The Kier molecular flexibility index (Phi) is 4.57. The minimum Gasteiger partial charge on any atom is -0.480 e. The smallest absolute Gasteiger partial charge is 0.408 e. The van der Waals surface area contributed by atoms with Crippen molar-refractivity contribution in [3.05, 3.63) is 35.9 Å². The molecule has 0 aromatic heterocycles. The molecule has 1 aliphatic rings. The van der Waals surface area contributed by atoms with Gasteiger partial charge in [-0.2, -0.15) is 0 Å². The second-order valence-electron chi connectivity index (χ2n) is 4.91. The Bertz CT molecular complexity index is 455. The molecule has 0 saturated carbocycles. The Hall–Kier alpha value is -2.08. The van der Waals surface area contributed by atoms with E-state index in [1.807, 2.05) is 30.3 Å². The van der Waals surface area contributed by atoms with Crippen LogP contribution in [-0.4, -0.2) is 52.3 Å². The monoisotopic (exact) mass is 278 g/mol. The highest BCUT2D eigenvalue weighted by atomic mass is 16.4. The summed E-state index contributed by atoms with van der Waals surface area (Å²) in [5, 5.41) is 21.2. The summed E-state index contributed by atoms with van der Waals surface area (Å²) in [5.74, 6) is -1.08. The quantitative estimate of drug-likeness (QED) is 0.748. The van der Waals surface area contributed by atoms with Gasteiger partial charge in [0, 0.05) is 12.6 Å². The van der Waals surface area contributed by atoms with E-state index in [2.05, 4.69) is 5.32 Å². The molecule has 0 unspecified atom stereocenters. The molecule has 2 rings (SSSR count). The minimum absolute atomic E-state index is 0.101. The average Bonchev–Trinajstić information content (AvgIpc) is 2.85. The lowest BCUT2D eigenvalue weighted by atomic mass is 10.1. The van der Waals surface area contributed by atoms with Crippen molar-refractivity contribution >= 4 is 12.1 Å². The maximum Gasteiger partial charge on any atom is 0.408 e. The first-order valence-electron chi connectivity index (χ1n) is 6.57. The summed E-state index contributed by atoms with van der Waals surface area (Å²) in [5.41, 5.74) is 1.20. The van der Waals surface area contributed by atoms with E-state index in [4.69, 9.17) is 10.2 Å². The van der Waals surface area contributed by atoms with Gasteiger partial charge in [-0.1, -0.05) is 30.3 Å². The van der Waals surface area contributed by atoms with Gasteiger partial charge in [0.2, 0.25) is 0 Å². The summed E-state index contributed by atoms with van der Waals surface area (Å²) >= 11 is 0. The maximum absolute atomic E-state index is 11.0. The number of carboxylic acids is 1. The van der Waals surface area contributed by atoms with Gasteiger partial charge in [-0.25, -0.2) is 9.59 Å². The molecule has 0 radical (unpaired) electrons. The minimum atomic E-state index is -1.18. The molecule has 20 heavy (non-hydrogen) atoms. The zero-order chi connectivity index (χ0) is 14.5. The first-order chi connectivity index (χ1) is 9.58. The van der Waals surface area contributed by atoms with E-state index in [9.17, 15) is 9.59 Å². The maximum atomic E-state index is 11.0. The summed E-state index contributed by atoms with van der Waals surface area (Å²) in [6.07, 6.45) is -0.0248. The van der Waals surface area contributed by atoms with Crippen LogP contribution in [0.15, 0.2) is 30.3 Å². The van der Waals surface area contributed by atoms with Crippen LogP contribution in [0.1, 0.15) is 12.0 Å². The normalized spacial score (nSPS) is 21.9. The molecule has 1 amide bonds. The van der Waals surface area contributed by atoms with Crippen molar-refractivity contribution in [1.29, 1.82) is 0 Å². The summed E-state index contributed by atoms with van der Waals surface area (Å²) in [7, 11) is 0. The average molecular weight is 278 g/mol. The van der Waals surface area contributed by atoms with Crippen molar-refractivity contribution in [2.75, 3.05) is 13.1 Å². The third kappa shape index (κ3) is 3.48. The van der Waals surface area contributed by atoms with Crippen LogP contribution in [0.3, 0.4) is 0 Å². The molecule has 0 spiro atoms. The fraction of sp³-hybridized carbons (Fsp3) is 0.429. The van der Waals surface area contributed by atoms with Gasteiger partial charge in [-0.3, -0.25) is 4.90 Å². The van der Waals surface area contributed by atoms with Crippen LogP contribution in [-0.2, 0) is 11.2 Å². The Morgan fingerprint density at radius 1 is 1.25 bits per heavy atom. The topological polar surface area (TPSA) is 89.9 Å². The van der Waals surface area contributed by atoms with E-state index in [-0.39, 0.29) is 12.6 Å². The van der Waals surface area contributed by atoms with Crippen molar-refractivity contribution in [1.82, 2.24) is 10.2 Å². The van der Waals surface area contributed by atoms with Crippen LogP contribution in [0, 0.1) is 0 Å². The number of hydrogen-bond acceptors (Lipinski definition) is 3. The number of aliphatic carboxylic acids is 1. The molecule has 1 aliphatic heterocycles. The first kappa shape index (κ1) is 14.3. The van der Waals surface area contributed by atoms with Gasteiger partial charge in [0.05, 0.1) is 0 Å². The van der Waals surface area contributed by atoms with Crippen molar-refractivity contribution in [3.8, 4) is 0 Å². The highest BCUT2D eigenvalue weighted by Crippen LogP contribution is 2.18. The van der Waals surface area contributed by atoms with E-state index in [1.165, 1.54) is 5.56 Å². The SMILES string of the molecule is O=C(O)[C@@H]1C[C@@H](NCCc2ccccc2)CN1C(=O)O. The molecule has 1 saturated heterocycles. The molecular formula is C14H18N2O4. The van der Waals surface area contributed by atoms with Gasteiger partial charge in [-0.05, 0) is 24.9 Å². The van der Waals surface area contributed by atoms with Gasteiger partial charge in [0.1, 0.15) is 6.04 Å². The number of nitrogens with zero attached hydrogens (tertiary/aromatic N) is 1. The summed E-state index contributed by atoms with van der Waals surface area (Å²) in [6, 6.07) is 8.91. The molecule has 1 heterocycles. The predicted molar refractivity (Wildman–Crippen MR) is 72.7 cm³/mol. The Morgan fingerprint density at radius 2 is 1.95 bits per heavy atom. The van der Waals surface area contributed by atoms with E-state index < -0.39 is 18.1 Å². The number of likely N-dealkylation sites (tertiary alicyclic amines) is 1. The molecule has 6 heteroatoms. The van der Waals surface area contributed by atoms with Gasteiger partial charge >= 0.3 is 12.1 Å². The van der Waals surface area contributed by atoms with Crippen molar-refractivity contribution in [3.63, 3.8) is 0 Å². The largest absolute Gasteiger partial charge is 0.480 e. The van der Waals surface area contributed by atoms with Gasteiger partial charge < -0.3 is 15.5 Å². The number of nitrogens with one attached hydrogen (secondary N) is 1. The number of hydrogen-bond donors (Lipinski definition) is 3. The van der Waals surface area contributed by atoms with E-state index in [1.54, 1.807) is 0 Å². The highest BCUT2D eigenvalue weighted by Gasteiger charge is 2.39. The lowest BCUT2D eigenvalue weighted by Crippen LogP contribution is -2.40. The van der Waals surface area contributed by atoms with Crippen molar-refractivity contribution in [2.45, 2.75) is 24.9 Å². The molecule has 0 aliphatic carbocycles. The van der Waals surface area contributed by atoms with E-state index >= 15 is 0 Å². The molecule has 0 bridgehead atoms. The Morgan fingerprint density at radius 3 is 2.50 bits per heavy atom. The fourth-order valence-corrected chi connectivity index (χ4v) is 2.49. The molecular weight excluding hydrogens is 260 g/mol. The molecule has 2 atom stereocenters. The number of rotatable bonds is 5. The van der Waals surface area contributed by atoms with Crippen LogP contribution in [0.25, 0.3) is 0 Å². The van der Waals surface area contributed by atoms with Crippen molar-refractivity contribution < 1.29 is 19.8 Å². The highest BCUT2D eigenvalue weighted by molar-refractivity contribution is 5.80. The molecule has 1 aromatic carbocycles. The molecule has 1 aromatic rings. The molecule has 1 fully saturated rings. The zero-order valence-electron chi connectivity index (χ0n) is 11.0. The Balaban J connectivity index is 1.83. The zero-order valence-corrected chi connectivity index (χ0v) is 11.0. The third-order valence-corrected chi connectivity index (χ3v) is 3.52. The summed E-state index contributed by atoms with van der Waals surface area (Å²) in [4.78, 5) is 23.0. The second kappa shape index (κ2) is 6.38. The standard InChI is InChI=1S/C14H18N2O4/c17-13(18)12-8-11(9-16(12)14(19)20)15-7-6-10-4-2-1-3-5-10/h1-5,11-12,15H,6-9H2,(H,17,18)(H,19,20)/t11-,12+/m1/s1. The Labute approximate surface area is 117 Å². The third-order valence-electron chi connectivity index (χ3n) is 3.52.